The van der Waals surface area contributed by atoms with E-state index < -0.39 is 6.61 Å². The summed E-state index contributed by atoms with van der Waals surface area (Å²) < 4.78 is 29.3. The average molecular weight is 348 g/mol. The average Bonchev–Trinajstić information content (AvgIpc) is 2.39. The molecule has 100 valence electrons. The molecule has 19 heavy (non-hydrogen) atoms. The summed E-state index contributed by atoms with van der Waals surface area (Å²) in [6, 6.07) is 13.9. The third-order valence-corrected chi connectivity index (χ3v) is 3.59. The lowest BCUT2D eigenvalue weighted by Crippen LogP contribution is -2.02. The van der Waals surface area contributed by atoms with E-state index in [2.05, 4.69) is 20.7 Å². The van der Waals surface area contributed by atoms with Gasteiger partial charge < -0.3 is 4.74 Å². The van der Waals surface area contributed by atoms with Gasteiger partial charge in [0.15, 0.2) is 0 Å². The Hall–Kier alpha value is -1.13. The largest absolute Gasteiger partial charge is 0.435 e. The van der Waals surface area contributed by atoms with E-state index >= 15 is 0 Å². The first kappa shape index (κ1) is 14.3. The zero-order chi connectivity index (χ0) is 13.8. The van der Waals surface area contributed by atoms with Crippen molar-refractivity contribution >= 4 is 27.5 Å². The standard InChI is InChI=1S/C14H10BrClF2O/c15-11-5-1-9(2-6-11)13(16)10-3-7-12(8-4-10)19-14(17)18/h1-8,13-14H. The number of alkyl halides is 3. The van der Waals surface area contributed by atoms with Gasteiger partial charge in [0, 0.05) is 4.47 Å². The highest BCUT2D eigenvalue weighted by Gasteiger charge is 2.11. The summed E-state index contributed by atoms with van der Waals surface area (Å²) in [6.07, 6.45) is 0. The smallest absolute Gasteiger partial charge is 0.387 e. The van der Waals surface area contributed by atoms with Gasteiger partial charge in [0.05, 0.1) is 5.38 Å². The Balaban J connectivity index is 2.15. The van der Waals surface area contributed by atoms with Crippen molar-refractivity contribution in [3.63, 3.8) is 0 Å². The van der Waals surface area contributed by atoms with E-state index in [1.165, 1.54) is 12.1 Å². The Morgan fingerprint density at radius 1 is 0.895 bits per heavy atom. The van der Waals surface area contributed by atoms with Crippen LogP contribution in [0, 0.1) is 0 Å². The van der Waals surface area contributed by atoms with Gasteiger partial charge in [-0.25, -0.2) is 0 Å². The van der Waals surface area contributed by atoms with Gasteiger partial charge in [-0.3, -0.25) is 0 Å². The minimum atomic E-state index is -2.82. The van der Waals surface area contributed by atoms with Crippen LogP contribution in [0.5, 0.6) is 5.75 Å². The zero-order valence-corrected chi connectivity index (χ0v) is 12.0. The minimum absolute atomic E-state index is 0.124. The molecule has 0 fully saturated rings. The van der Waals surface area contributed by atoms with E-state index in [1.54, 1.807) is 12.1 Å². The Labute approximate surface area is 123 Å². The Morgan fingerprint density at radius 2 is 1.37 bits per heavy atom. The molecule has 0 aromatic heterocycles. The van der Waals surface area contributed by atoms with Gasteiger partial charge >= 0.3 is 6.61 Å². The third kappa shape index (κ3) is 3.91. The quantitative estimate of drug-likeness (QED) is 0.675. The molecule has 2 aromatic rings. The van der Waals surface area contributed by atoms with Crippen LogP contribution in [0.1, 0.15) is 16.5 Å². The predicted octanol–water partition coefficient (Wildman–Crippen LogP) is 5.38. The number of rotatable bonds is 4. The van der Waals surface area contributed by atoms with Crippen LogP contribution < -0.4 is 4.74 Å². The van der Waals surface area contributed by atoms with Crippen molar-refractivity contribution in [3.8, 4) is 5.75 Å². The van der Waals surface area contributed by atoms with Gasteiger partial charge in [0.1, 0.15) is 5.75 Å². The van der Waals surface area contributed by atoms with Gasteiger partial charge in [-0.1, -0.05) is 40.2 Å². The molecule has 0 radical (unpaired) electrons. The van der Waals surface area contributed by atoms with Gasteiger partial charge in [-0.15, -0.1) is 11.6 Å². The molecule has 0 saturated carbocycles. The van der Waals surface area contributed by atoms with Crippen molar-refractivity contribution in [1.82, 2.24) is 0 Å². The lowest BCUT2D eigenvalue weighted by Gasteiger charge is -2.11. The topological polar surface area (TPSA) is 9.23 Å². The summed E-state index contributed by atoms with van der Waals surface area (Å²) in [5.74, 6) is 0.124. The maximum absolute atomic E-state index is 12.0. The van der Waals surface area contributed by atoms with E-state index in [9.17, 15) is 8.78 Å². The molecule has 0 bridgehead atoms. The van der Waals surface area contributed by atoms with E-state index in [0.29, 0.717) is 0 Å². The van der Waals surface area contributed by atoms with Crippen molar-refractivity contribution in [3.05, 3.63) is 64.1 Å². The molecule has 0 heterocycles. The normalized spacial score (nSPS) is 12.5. The molecule has 0 N–H and O–H groups in total. The SMILES string of the molecule is FC(F)Oc1ccc(C(Cl)c2ccc(Br)cc2)cc1. The van der Waals surface area contributed by atoms with E-state index in [-0.39, 0.29) is 11.1 Å². The molecule has 2 rings (SSSR count). The monoisotopic (exact) mass is 346 g/mol. The fraction of sp³-hybridized carbons (Fsp3) is 0.143. The highest BCUT2D eigenvalue weighted by atomic mass is 79.9. The van der Waals surface area contributed by atoms with E-state index in [1.807, 2.05) is 24.3 Å². The van der Waals surface area contributed by atoms with Crippen molar-refractivity contribution in [2.45, 2.75) is 12.0 Å². The molecule has 0 amide bonds. The van der Waals surface area contributed by atoms with Crippen molar-refractivity contribution in [2.75, 3.05) is 0 Å². The van der Waals surface area contributed by atoms with Crippen molar-refractivity contribution < 1.29 is 13.5 Å². The van der Waals surface area contributed by atoms with Crippen LogP contribution in [0.3, 0.4) is 0 Å². The molecular formula is C14H10BrClF2O. The molecule has 1 atom stereocenters. The highest BCUT2D eigenvalue weighted by molar-refractivity contribution is 9.10. The molecule has 0 aliphatic carbocycles. The van der Waals surface area contributed by atoms with Crippen LogP contribution in [0.2, 0.25) is 0 Å². The first-order valence-electron chi connectivity index (χ1n) is 5.50. The molecule has 5 heteroatoms. The first-order valence-corrected chi connectivity index (χ1v) is 6.73. The van der Waals surface area contributed by atoms with E-state index in [4.69, 9.17) is 11.6 Å². The maximum atomic E-state index is 12.0. The fourth-order valence-electron chi connectivity index (χ4n) is 1.64. The molecule has 1 unspecified atom stereocenters. The lowest BCUT2D eigenvalue weighted by molar-refractivity contribution is -0.0498. The van der Waals surface area contributed by atoms with Crippen molar-refractivity contribution in [2.24, 2.45) is 0 Å². The van der Waals surface area contributed by atoms with Gasteiger partial charge in [0.2, 0.25) is 0 Å². The number of halogens is 4. The first-order chi connectivity index (χ1) is 9.06. The molecular weight excluding hydrogens is 338 g/mol. The van der Waals surface area contributed by atoms with Crippen LogP contribution in [0.15, 0.2) is 53.0 Å². The zero-order valence-electron chi connectivity index (χ0n) is 9.69. The van der Waals surface area contributed by atoms with Crippen LogP contribution in [-0.2, 0) is 0 Å². The third-order valence-electron chi connectivity index (χ3n) is 2.56. The molecule has 0 saturated heterocycles. The molecule has 0 aliphatic rings. The predicted molar refractivity (Wildman–Crippen MR) is 74.9 cm³/mol. The number of hydrogen-bond acceptors (Lipinski definition) is 1. The maximum Gasteiger partial charge on any atom is 0.387 e. The summed E-state index contributed by atoms with van der Waals surface area (Å²) >= 11 is 9.69. The Kier molecular flexibility index (Phi) is 4.77. The Bertz CT molecular complexity index is 528. The molecule has 0 aliphatic heterocycles. The summed E-state index contributed by atoms with van der Waals surface area (Å²) in [5.41, 5.74) is 1.76. The van der Waals surface area contributed by atoms with Gasteiger partial charge in [-0.2, -0.15) is 8.78 Å². The van der Waals surface area contributed by atoms with Gasteiger partial charge in [-0.05, 0) is 35.4 Å². The summed E-state index contributed by atoms with van der Waals surface area (Å²) in [6.45, 7) is -2.82. The van der Waals surface area contributed by atoms with Crippen LogP contribution in [0.25, 0.3) is 0 Å². The summed E-state index contributed by atoms with van der Waals surface area (Å²) in [7, 11) is 0. The number of ether oxygens (including phenoxy) is 1. The van der Waals surface area contributed by atoms with Crippen LogP contribution in [0.4, 0.5) is 8.78 Å². The lowest BCUT2D eigenvalue weighted by atomic mass is 10.0. The molecule has 0 spiro atoms. The van der Waals surface area contributed by atoms with E-state index in [0.717, 1.165) is 15.6 Å². The molecule has 1 nitrogen and oxygen atoms in total. The fourth-order valence-corrected chi connectivity index (χ4v) is 2.20. The number of benzene rings is 2. The second-order valence-corrected chi connectivity index (χ2v) is 5.21. The summed E-state index contributed by atoms with van der Waals surface area (Å²) in [5, 5.41) is -0.325. The minimum Gasteiger partial charge on any atom is -0.435 e. The summed E-state index contributed by atoms with van der Waals surface area (Å²) in [4.78, 5) is 0. The number of hydrogen-bond donors (Lipinski definition) is 0. The second kappa shape index (κ2) is 6.35. The van der Waals surface area contributed by atoms with Crippen LogP contribution in [-0.4, -0.2) is 6.61 Å². The van der Waals surface area contributed by atoms with Gasteiger partial charge in [0.25, 0.3) is 0 Å². The second-order valence-electron chi connectivity index (χ2n) is 3.86. The highest BCUT2D eigenvalue weighted by Crippen LogP contribution is 2.30. The molecule has 2 aromatic carbocycles. The Morgan fingerprint density at radius 3 is 1.84 bits per heavy atom. The van der Waals surface area contributed by atoms with Crippen molar-refractivity contribution in [1.29, 1.82) is 0 Å². The van der Waals surface area contributed by atoms with Crippen LogP contribution >= 0.6 is 27.5 Å².